The lowest BCUT2D eigenvalue weighted by molar-refractivity contribution is 0.297. The lowest BCUT2D eigenvalue weighted by atomic mass is 10.1. The number of rotatable bonds is 2. The summed E-state index contributed by atoms with van der Waals surface area (Å²) in [4.78, 5) is 14.2. The zero-order valence-electron chi connectivity index (χ0n) is 8.03. The quantitative estimate of drug-likeness (QED) is 0.678. The second-order valence-corrected chi connectivity index (χ2v) is 3.30. The summed E-state index contributed by atoms with van der Waals surface area (Å²) in [5, 5.41) is 19.2. The van der Waals surface area contributed by atoms with E-state index in [1.54, 1.807) is 24.3 Å². The first-order chi connectivity index (χ1) is 7.24. The minimum Gasteiger partial charge on any atom is -0.507 e. The number of aromatic amines is 1. The highest BCUT2D eigenvalue weighted by atomic mass is 16.3. The van der Waals surface area contributed by atoms with Crippen LogP contribution in [0.15, 0.2) is 29.1 Å². The number of aliphatic hydroxyl groups excluding tert-OH is 1. The van der Waals surface area contributed by atoms with Crippen LogP contribution >= 0.6 is 0 Å². The fourth-order valence-corrected chi connectivity index (χ4v) is 1.61. The number of hydrogen-bond donors (Lipinski definition) is 3. The molecule has 78 valence electrons. The third-order valence-electron chi connectivity index (χ3n) is 2.35. The molecule has 1 heterocycles. The van der Waals surface area contributed by atoms with Gasteiger partial charge in [-0.05, 0) is 12.1 Å². The average molecular weight is 205 g/mol. The van der Waals surface area contributed by atoms with Gasteiger partial charge >= 0.3 is 0 Å². The molecule has 0 unspecified atom stereocenters. The second kappa shape index (κ2) is 3.74. The van der Waals surface area contributed by atoms with Crippen molar-refractivity contribution in [2.75, 3.05) is 6.61 Å². The Balaban J connectivity index is 2.78. The topological polar surface area (TPSA) is 73.3 Å². The number of benzene rings is 1. The maximum atomic E-state index is 11.5. The summed E-state index contributed by atoms with van der Waals surface area (Å²) in [6.45, 7) is -0.158. The van der Waals surface area contributed by atoms with Crippen LogP contribution in [0, 0.1) is 0 Å². The van der Waals surface area contributed by atoms with E-state index in [1.165, 1.54) is 0 Å². The molecule has 0 aliphatic rings. The number of aromatic nitrogens is 1. The van der Waals surface area contributed by atoms with Crippen LogP contribution in [0.25, 0.3) is 10.9 Å². The Morgan fingerprint density at radius 2 is 2.00 bits per heavy atom. The molecule has 2 aromatic rings. The minimum atomic E-state index is -0.347. The van der Waals surface area contributed by atoms with Crippen LogP contribution in [0.4, 0.5) is 0 Å². The highest BCUT2D eigenvalue weighted by Gasteiger charge is 2.10. The van der Waals surface area contributed by atoms with Crippen LogP contribution in [-0.2, 0) is 6.42 Å². The van der Waals surface area contributed by atoms with Gasteiger partial charge in [0.25, 0.3) is 5.56 Å². The number of fused-ring (bicyclic) bond motifs is 1. The number of H-pyrrole nitrogens is 1. The smallest absolute Gasteiger partial charge is 0.255 e. The molecule has 1 aromatic carbocycles. The number of para-hydroxylation sites is 1. The largest absolute Gasteiger partial charge is 0.507 e. The van der Waals surface area contributed by atoms with Crippen molar-refractivity contribution in [3.8, 4) is 5.75 Å². The highest BCUT2D eigenvalue weighted by Crippen LogP contribution is 2.24. The van der Waals surface area contributed by atoms with Crippen LogP contribution in [0.5, 0.6) is 5.75 Å². The summed E-state index contributed by atoms with van der Waals surface area (Å²) in [6, 6.07) is 7.01. The molecule has 4 heteroatoms. The van der Waals surface area contributed by atoms with Gasteiger partial charge in [-0.2, -0.15) is 0 Å². The van der Waals surface area contributed by atoms with Crippen LogP contribution in [-0.4, -0.2) is 21.8 Å². The van der Waals surface area contributed by atoms with Gasteiger partial charge in [0.05, 0.1) is 11.1 Å². The van der Waals surface area contributed by atoms with Gasteiger partial charge in [0.15, 0.2) is 0 Å². The van der Waals surface area contributed by atoms with Crippen LogP contribution in [0.1, 0.15) is 5.56 Å². The molecule has 0 spiro atoms. The van der Waals surface area contributed by atoms with Crippen molar-refractivity contribution in [1.82, 2.24) is 4.98 Å². The minimum absolute atomic E-state index is 0.0385. The molecule has 15 heavy (non-hydrogen) atoms. The van der Waals surface area contributed by atoms with Crippen LogP contribution in [0.2, 0.25) is 0 Å². The lowest BCUT2D eigenvalue weighted by Gasteiger charge is -2.05. The van der Waals surface area contributed by atoms with Crippen molar-refractivity contribution in [1.29, 1.82) is 0 Å². The normalized spacial score (nSPS) is 10.7. The fourth-order valence-electron chi connectivity index (χ4n) is 1.61. The molecule has 2 rings (SSSR count). The summed E-state index contributed by atoms with van der Waals surface area (Å²) >= 11 is 0. The van der Waals surface area contributed by atoms with E-state index in [0.29, 0.717) is 10.9 Å². The lowest BCUT2D eigenvalue weighted by Crippen LogP contribution is -2.14. The Hall–Kier alpha value is -1.81. The molecule has 1 aromatic heterocycles. The molecule has 3 N–H and O–H groups in total. The Bertz CT molecular complexity index is 545. The molecule has 4 nitrogen and oxygen atoms in total. The fraction of sp³-hybridized carbons (Fsp3) is 0.182. The van der Waals surface area contributed by atoms with Gasteiger partial charge in [-0.25, -0.2) is 0 Å². The molecule has 0 bridgehead atoms. The molecule has 0 aliphatic heterocycles. The Kier molecular flexibility index (Phi) is 2.43. The van der Waals surface area contributed by atoms with E-state index in [-0.39, 0.29) is 29.9 Å². The van der Waals surface area contributed by atoms with E-state index in [0.717, 1.165) is 0 Å². The van der Waals surface area contributed by atoms with E-state index >= 15 is 0 Å². The first-order valence-corrected chi connectivity index (χ1v) is 4.67. The van der Waals surface area contributed by atoms with Crippen molar-refractivity contribution >= 4 is 10.9 Å². The molecule has 0 saturated heterocycles. The number of aromatic hydroxyl groups is 1. The Morgan fingerprint density at radius 1 is 1.27 bits per heavy atom. The number of pyridine rings is 1. The summed E-state index contributed by atoms with van der Waals surface area (Å²) < 4.78 is 0. The molecule has 0 atom stereocenters. The second-order valence-electron chi connectivity index (χ2n) is 3.30. The first kappa shape index (κ1) is 9.73. The predicted octanol–water partition coefficient (Wildman–Crippen LogP) is 0.768. The summed E-state index contributed by atoms with van der Waals surface area (Å²) in [7, 11) is 0. The molecular weight excluding hydrogens is 194 g/mol. The number of nitrogens with one attached hydrogen (secondary N) is 1. The first-order valence-electron chi connectivity index (χ1n) is 4.67. The molecule has 0 aliphatic carbocycles. The van der Waals surface area contributed by atoms with E-state index < -0.39 is 0 Å². The third-order valence-corrected chi connectivity index (χ3v) is 2.35. The van der Waals surface area contributed by atoms with Crippen LogP contribution < -0.4 is 5.56 Å². The van der Waals surface area contributed by atoms with Gasteiger partial charge in [0.2, 0.25) is 0 Å². The van der Waals surface area contributed by atoms with Crippen molar-refractivity contribution in [3.05, 3.63) is 40.2 Å². The summed E-state index contributed by atoms with van der Waals surface area (Å²) in [5.41, 5.74) is 0.484. The van der Waals surface area contributed by atoms with Gasteiger partial charge in [0, 0.05) is 18.4 Å². The number of aliphatic hydroxyl groups is 1. The van der Waals surface area contributed by atoms with Gasteiger partial charge in [0.1, 0.15) is 5.75 Å². The van der Waals surface area contributed by atoms with Crippen molar-refractivity contribution in [3.63, 3.8) is 0 Å². The zero-order valence-corrected chi connectivity index (χ0v) is 8.03. The van der Waals surface area contributed by atoms with Crippen LogP contribution in [0.3, 0.4) is 0 Å². The van der Waals surface area contributed by atoms with Crippen molar-refractivity contribution in [2.24, 2.45) is 0 Å². The van der Waals surface area contributed by atoms with E-state index in [1.807, 2.05) is 0 Å². The van der Waals surface area contributed by atoms with E-state index in [9.17, 15) is 9.90 Å². The molecule has 0 amide bonds. The summed E-state index contributed by atoms with van der Waals surface area (Å²) in [5.74, 6) is -0.0385. The van der Waals surface area contributed by atoms with Gasteiger partial charge < -0.3 is 15.2 Å². The maximum Gasteiger partial charge on any atom is 0.255 e. The molecule has 0 saturated carbocycles. The van der Waals surface area contributed by atoms with Crippen molar-refractivity contribution < 1.29 is 10.2 Å². The molecule has 0 radical (unpaired) electrons. The zero-order chi connectivity index (χ0) is 10.8. The standard InChI is InChI=1S/C11H11NO3/c13-6-5-8-10(14)7-3-1-2-4-9(7)12-11(8)15/h1-4,13H,5-6H2,(H2,12,14,15). The maximum absolute atomic E-state index is 11.5. The third kappa shape index (κ3) is 1.59. The van der Waals surface area contributed by atoms with E-state index in [2.05, 4.69) is 4.98 Å². The molecular formula is C11H11NO3. The van der Waals surface area contributed by atoms with Gasteiger partial charge in [-0.15, -0.1) is 0 Å². The van der Waals surface area contributed by atoms with E-state index in [4.69, 9.17) is 5.11 Å². The van der Waals surface area contributed by atoms with Gasteiger partial charge in [-0.1, -0.05) is 12.1 Å². The predicted molar refractivity (Wildman–Crippen MR) is 57.0 cm³/mol. The number of hydrogen-bond acceptors (Lipinski definition) is 3. The monoisotopic (exact) mass is 205 g/mol. The summed E-state index contributed by atoms with van der Waals surface area (Å²) in [6.07, 6.45) is 0.159. The Labute approximate surface area is 85.8 Å². The highest BCUT2D eigenvalue weighted by molar-refractivity contribution is 5.85. The Morgan fingerprint density at radius 3 is 2.73 bits per heavy atom. The average Bonchev–Trinajstić information content (AvgIpc) is 2.24. The van der Waals surface area contributed by atoms with Gasteiger partial charge in [-0.3, -0.25) is 4.79 Å². The molecule has 0 fully saturated rings. The van der Waals surface area contributed by atoms with Crippen molar-refractivity contribution in [2.45, 2.75) is 6.42 Å². The SMILES string of the molecule is O=c1[nH]c2ccccc2c(O)c1CCO.